The Labute approximate surface area is 130 Å². The van der Waals surface area contributed by atoms with Crippen molar-refractivity contribution in [3.05, 3.63) is 34.4 Å². The molecular weight excluding hydrogens is 341 g/mol. The predicted octanol–water partition coefficient (Wildman–Crippen LogP) is 2.49. The summed E-state index contributed by atoms with van der Waals surface area (Å²) >= 11 is 0. The van der Waals surface area contributed by atoms with Gasteiger partial charge in [-0.05, 0) is 18.9 Å². The van der Waals surface area contributed by atoms with E-state index in [1.54, 1.807) is 0 Å². The van der Waals surface area contributed by atoms with Gasteiger partial charge in [0.1, 0.15) is 0 Å². The maximum atomic E-state index is 12.7. The smallest absolute Gasteiger partial charge is 0.363 e. The Balaban J connectivity index is 2.21. The van der Waals surface area contributed by atoms with Gasteiger partial charge in [0.15, 0.2) is 0 Å². The highest BCUT2D eigenvalue weighted by atomic mass is 32.2. The van der Waals surface area contributed by atoms with Crippen LogP contribution in [0.25, 0.3) is 0 Å². The molecule has 7 nitrogen and oxygen atoms in total. The number of hydrogen-bond acceptors (Lipinski definition) is 5. The van der Waals surface area contributed by atoms with E-state index in [1.165, 1.54) is 12.1 Å². The molecule has 0 aromatic heterocycles. The molecule has 0 N–H and O–H groups in total. The van der Waals surface area contributed by atoms with Crippen molar-refractivity contribution in [3.8, 4) is 5.75 Å². The summed E-state index contributed by atoms with van der Waals surface area (Å²) in [6.07, 6.45) is -4.64. The van der Waals surface area contributed by atoms with Gasteiger partial charge in [-0.3, -0.25) is 10.1 Å². The molecule has 0 aliphatic carbocycles. The van der Waals surface area contributed by atoms with E-state index in [9.17, 15) is 31.7 Å². The number of piperidine rings is 1. The Hall–Kier alpha value is -1.88. The van der Waals surface area contributed by atoms with Crippen molar-refractivity contribution in [2.24, 2.45) is 5.92 Å². The van der Waals surface area contributed by atoms with Crippen molar-refractivity contribution >= 4 is 16.0 Å². The standard InChI is InChI=1S/C12H13F3N2O5S/c13-12(14,15)9-4-3-7-16(8-9)23(20,21)22-11-6-2-1-5-10(11)17(18)19/h1-2,5-6,9H,3-4,7-8H2. The first-order chi connectivity index (χ1) is 10.6. The van der Waals surface area contributed by atoms with Crippen LogP contribution in [0, 0.1) is 16.0 Å². The molecule has 1 aliphatic rings. The first-order valence-electron chi connectivity index (χ1n) is 6.61. The van der Waals surface area contributed by atoms with E-state index >= 15 is 0 Å². The van der Waals surface area contributed by atoms with Gasteiger partial charge in [0.25, 0.3) is 0 Å². The minimum absolute atomic E-state index is 0.0314. The zero-order valence-corrected chi connectivity index (χ0v) is 12.5. The maximum absolute atomic E-state index is 12.7. The van der Waals surface area contributed by atoms with Gasteiger partial charge in [0.2, 0.25) is 5.75 Å². The van der Waals surface area contributed by atoms with Crippen molar-refractivity contribution in [1.29, 1.82) is 0 Å². The Morgan fingerprint density at radius 1 is 1.30 bits per heavy atom. The second-order valence-electron chi connectivity index (χ2n) is 5.00. The molecule has 11 heteroatoms. The predicted molar refractivity (Wildman–Crippen MR) is 73.0 cm³/mol. The fraction of sp³-hybridized carbons (Fsp3) is 0.500. The summed E-state index contributed by atoms with van der Waals surface area (Å²) in [5, 5.41) is 10.8. The summed E-state index contributed by atoms with van der Waals surface area (Å²) in [4.78, 5) is 10.0. The number of nitro groups is 1. The van der Waals surface area contributed by atoms with Crippen LogP contribution in [0.15, 0.2) is 24.3 Å². The van der Waals surface area contributed by atoms with Gasteiger partial charge in [-0.15, -0.1) is 0 Å². The van der Waals surface area contributed by atoms with E-state index < -0.39 is 45.3 Å². The largest absolute Gasteiger partial charge is 0.393 e. The van der Waals surface area contributed by atoms with Gasteiger partial charge >= 0.3 is 22.2 Å². The van der Waals surface area contributed by atoms with Crippen molar-refractivity contribution < 1.29 is 30.7 Å². The number of hydrogen-bond donors (Lipinski definition) is 0. The van der Waals surface area contributed by atoms with Crippen molar-refractivity contribution in [2.45, 2.75) is 19.0 Å². The number of halogens is 3. The summed E-state index contributed by atoms with van der Waals surface area (Å²) in [6, 6.07) is 4.76. The van der Waals surface area contributed by atoms with Gasteiger partial charge in [-0.25, -0.2) is 0 Å². The zero-order chi connectivity index (χ0) is 17.3. The van der Waals surface area contributed by atoms with Crippen LogP contribution in [0.5, 0.6) is 5.75 Å². The van der Waals surface area contributed by atoms with Crippen LogP contribution in [0.4, 0.5) is 18.9 Å². The molecule has 1 saturated heterocycles. The van der Waals surface area contributed by atoms with Crippen molar-refractivity contribution in [2.75, 3.05) is 13.1 Å². The minimum Gasteiger partial charge on any atom is -0.363 e. The number of para-hydroxylation sites is 2. The van der Waals surface area contributed by atoms with E-state index in [0.717, 1.165) is 12.1 Å². The zero-order valence-electron chi connectivity index (χ0n) is 11.7. The lowest BCUT2D eigenvalue weighted by Gasteiger charge is -2.32. The van der Waals surface area contributed by atoms with Crippen molar-refractivity contribution in [1.82, 2.24) is 4.31 Å². The van der Waals surface area contributed by atoms with E-state index in [4.69, 9.17) is 0 Å². The Kier molecular flexibility index (Phi) is 4.80. The molecule has 1 aromatic carbocycles. The van der Waals surface area contributed by atoms with E-state index in [2.05, 4.69) is 4.18 Å². The molecule has 0 saturated carbocycles. The normalized spacial score (nSPS) is 20.2. The molecule has 128 valence electrons. The van der Waals surface area contributed by atoms with Crippen LogP contribution in [-0.4, -0.2) is 36.9 Å². The van der Waals surface area contributed by atoms with Crippen LogP contribution in [0.2, 0.25) is 0 Å². The molecule has 1 aromatic rings. The van der Waals surface area contributed by atoms with Crippen molar-refractivity contribution in [3.63, 3.8) is 0 Å². The monoisotopic (exact) mass is 354 g/mol. The number of rotatable bonds is 4. The molecule has 2 rings (SSSR count). The second-order valence-corrected chi connectivity index (χ2v) is 6.54. The molecular formula is C12H13F3N2O5S. The Morgan fingerprint density at radius 3 is 2.57 bits per heavy atom. The lowest BCUT2D eigenvalue weighted by Crippen LogP contribution is -2.46. The molecule has 1 fully saturated rings. The minimum atomic E-state index is -4.56. The highest BCUT2D eigenvalue weighted by molar-refractivity contribution is 7.84. The number of nitro benzene ring substituents is 1. The highest BCUT2D eigenvalue weighted by Gasteiger charge is 2.44. The lowest BCUT2D eigenvalue weighted by molar-refractivity contribution is -0.385. The molecule has 0 spiro atoms. The topological polar surface area (TPSA) is 89.7 Å². The number of benzene rings is 1. The van der Waals surface area contributed by atoms with Crippen LogP contribution in [0.3, 0.4) is 0 Å². The van der Waals surface area contributed by atoms with Crippen LogP contribution >= 0.6 is 0 Å². The van der Waals surface area contributed by atoms with Crippen LogP contribution < -0.4 is 4.18 Å². The van der Waals surface area contributed by atoms with Gasteiger partial charge in [-0.1, -0.05) is 12.1 Å². The Morgan fingerprint density at radius 2 is 1.96 bits per heavy atom. The highest BCUT2D eigenvalue weighted by Crippen LogP contribution is 2.35. The van der Waals surface area contributed by atoms with Gasteiger partial charge < -0.3 is 4.18 Å². The number of nitrogens with zero attached hydrogens (tertiary/aromatic N) is 2. The molecule has 1 atom stereocenters. The maximum Gasteiger partial charge on any atom is 0.393 e. The summed E-state index contributed by atoms with van der Waals surface area (Å²) in [7, 11) is -4.56. The third-order valence-electron chi connectivity index (χ3n) is 3.42. The third kappa shape index (κ3) is 4.10. The fourth-order valence-corrected chi connectivity index (χ4v) is 3.45. The molecule has 23 heavy (non-hydrogen) atoms. The molecule has 1 unspecified atom stereocenters. The number of alkyl halides is 3. The van der Waals surface area contributed by atoms with E-state index in [-0.39, 0.29) is 19.4 Å². The van der Waals surface area contributed by atoms with Gasteiger partial charge in [-0.2, -0.15) is 25.9 Å². The average molecular weight is 354 g/mol. The summed E-state index contributed by atoms with van der Waals surface area (Å²) < 4.78 is 67.7. The molecule has 0 amide bonds. The molecule has 0 bridgehead atoms. The third-order valence-corrected chi connectivity index (χ3v) is 4.77. The summed E-state index contributed by atoms with van der Waals surface area (Å²) in [6.45, 7) is -0.887. The summed E-state index contributed by atoms with van der Waals surface area (Å²) in [5.41, 5.74) is -0.583. The summed E-state index contributed by atoms with van der Waals surface area (Å²) in [5.74, 6) is -2.31. The molecule has 0 radical (unpaired) electrons. The second kappa shape index (κ2) is 6.32. The molecule has 1 heterocycles. The lowest BCUT2D eigenvalue weighted by atomic mass is 9.99. The van der Waals surface area contributed by atoms with Gasteiger partial charge in [0.05, 0.1) is 10.8 Å². The van der Waals surface area contributed by atoms with E-state index in [0.29, 0.717) is 4.31 Å². The van der Waals surface area contributed by atoms with Crippen LogP contribution in [-0.2, 0) is 10.3 Å². The Bertz CT molecular complexity index is 692. The molecule has 1 aliphatic heterocycles. The first kappa shape index (κ1) is 17.5. The van der Waals surface area contributed by atoms with Crippen LogP contribution in [0.1, 0.15) is 12.8 Å². The quantitative estimate of drug-likeness (QED) is 0.612. The van der Waals surface area contributed by atoms with Gasteiger partial charge in [0, 0.05) is 19.2 Å². The SMILES string of the molecule is O=[N+]([O-])c1ccccc1OS(=O)(=O)N1CCCC(C(F)(F)F)C1. The first-order valence-corrected chi connectivity index (χ1v) is 7.97. The van der Waals surface area contributed by atoms with E-state index in [1.807, 2.05) is 0 Å². The average Bonchev–Trinajstić information content (AvgIpc) is 2.46. The fourth-order valence-electron chi connectivity index (χ4n) is 2.26.